The molecule has 0 saturated heterocycles. The Kier molecular flexibility index (Phi) is 6.73. The van der Waals surface area contributed by atoms with Crippen LogP contribution in [0.4, 0.5) is 0 Å². The number of hydrogen-bond donors (Lipinski definition) is 1. The van der Waals surface area contributed by atoms with Gasteiger partial charge in [-0.15, -0.1) is 13.2 Å². The highest BCUT2D eigenvalue weighted by molar-refractivity contribution is 6.30. The lowest BCUT2D eigenvalue weighted by Crippen LogP contribution is -2.27. The van der Waals surface area contributed by atoms with Crippen LogP contribution in [0.1, 0.15) is 18.0 Å². The van der Waals surface area contributed by atoms with Crippen molar-refractivity contribution >= 4 is 11.6 Å². The van der Waals surface area contributed by atoms with Crippen LogP contribution >= 0.6 is 11.6 Å². The lowest BCUT2D eigenvalue weighted by molar-refractivity contribution is 0.319. The minimum atomic E-state index is 0.0411. The zero-order chi connectivity index (χ0) is 13.4. The predicted octanol–water partition coefficient (Wildman–Crippen LogP) is 3.40. The van der Waals surface area contributed by atoms with Gasteiger partial charge in [-0.05, 0) is 24.1 Å². The number of nitrogens with two attached hydrogens (primary N) is 1. The average Bonchev–Trinajstić information content (AvgIpc) is 2.37. The fraction of sp³-hybridized carbons (Fsp3) is 0.333. The molecule has 0 aliphatic rings. The van der Waals surface area contributed by atoms with Crippen LogP contribution < -0.4 is 5.73 Å². The molecule has 3 heteroatoms. The maximum Gasteiger partial charge on any atom is 0.0406 e. The van der Waals surface area contributed by atoms with Crippen LogP contribution in [0, 0.1) is 0 Å². The fourth-order valence-electron chi connectivity index (χ4n) is 1.82. The second kappa shape index (κ2) is 8.09. The van der Waals surface area contributed by atoms with E-state index in [2.05, 4.69) is 18.1 Å². The summed E-state index contributed by atoms with van der Waals surface area (Å²) in [5.41, 5.74) is 7.29. The van der Waals surface area contributed by atoms with Crippen molar-refractivity contribution in [2.45, 2.75) is 12.5 Å². The van der Waals surface area contributed by atoms with E-state index in [-0.39, 0.29) is 6.04 Å². The fourth-order valence-corrected chi connectivity index (χ4v) is 1.95. The van der Waals surface area contributed by atoms with Crippen molar-refractivity contribution in [3.63, 3.8) is 0 Å². The van der Waals surface area contributed by atoms with Gasteiger partial charge in [0.25, 0.3) is 0 Å². The second-order valence-electron chi connectivity index (χ2n) is 4.28. The minimum Gasteiger partial charge on any atom is -0.324 e. The molecule has 98 valence electrons. The average molecular weight is 265 g/mol. The van der Waals surface area contributed by atoms with Gasteiger partial charge in [0.05, 0.1) is 0 Å². The zero-order valence-corrected chi connectivity index (χ0v) is 11.4. The second-order valence-corrected chi connectivity index (χ2v) is 4.72. The molecule has 1 rings (SSSR count). The molecule has 0 amide bonds. The smallest absolute Gasteiger partial charge is 0.0406 e. The summed E-state index contributed by atoms with van der Waals surface area (Å²) >= 11 is 5.86. The Morgan fingerprint density at radius 2 is 1.72 bits per heavy atom. The van der Waals surface area contributed by atoms with Crippen LogP contribution in [0.15, 0.2) is 49.6 Å². The van der Waals surface area contributed by atoms with Gasteiger partial charge in [-0.1, -0.05) is 35.9 Å². The van der Waals surface area contributed by atoms with E-state index in [1.807, 2.05) is 36.4 Å². The van der Waals surface area contributed by atoms with E-state index in [1.165, 1.54) is 0 Å². The molecule has 0 saturated carbocycles. The molecule has 0 aliphatic carbocycles. The molecule has 1 atom stereocenters. The third kappa shape index (κ3) is 5.05. The third-order valence-corrected chi connectivity index (χ3v) is 3.08. The van der Waals surface area contributed by atoms with Crippen LogP contribution in [0.3, 0.4) is 0 Å². The van der Waals surface area contributed by atoms with E-state index in [0.29, 0.717) is 0 Å². The van der Waals surface area contributed by atoms with E-state index in [9.17, 15) is 0 Å². The highest BCUT2D eigenvalue weighted by Gasteiger charge is 2.08. The summed E-state index contributed by atoms with van der Waals surface area (Å²) in [6.07, 6.45) is 4.71. The molecular formula is C15H21ClN2. The number of rotatable bonds is 8. The number of hydrogen-bond acceptors (Lipinski definition) is 2. The first-order chi connectivity index (χ1) is 8.67. The Morgan fingerprint density at radius 1 is 1.17 bits per heavy atom. The first kappa shape index (κ1) is 15.0. The summed E-state index contributed by atoms with van der Waals surface area (Å²) in [6, 6.07) is 7.76. The number of halogens is 1. The number of benzene rings is 1. The number of nitrogens with zero attached hydrogens (tertiary/aromatic N) is 1. The summed E-state index contributed by atoms with van der Waals surface area (Å²) in [6.45, 7) is 10.2. The maximum atomic E-state index is 6.16. The normalized spacial score (nSPS) is 12.4. The van der Waals surface area contributed by atoms with Gasteiger partial charge in [0.1, 0.15) is 0 Å². The summed E-state index contributed by atoms with van der Waals surface area (Å²) in [5.74, 6) is 0. The van der Waals surface area contributed by atoms with Gasteiger partial charge in [0.2, 0.25) is 0 Å². The lowest BCUT2D eigenvalue weighted by atomic mass is 10.0. The first-order valence-electron chi connectivity index (χ1n) is 6.12. The van der Waals surface area contributed by atoms with E-state index in [4.69, 9.17) is 17.3 Å². The molecule has 2 nitrogen and oxygen atoms in total. The first-order valence-corrected chi connectivity index (χ1v) is 6.50. The van der Waals surface area contributed by atoms with Crippen LogP contribution in [0.5, 0.6) is 0 Å². The van der Waals surface area contributed by atoms with Crippen LogP contribution in [0.25, 0.3) is 0 Å². The van der Waals surface area contributed by atoms with Crippen LogP contribution in [0.2, 0.25) is 5.02 Å². The van der Waals surface area contributed by atoms with Crippen molar-refractivity contribution in [3.8, 4) is 0 Å². The summed E-state index contributed by atoms with van der Waals surface area (Å²) in [4.78, 5) is 2.26. The molecule has 18 heavy (non-hydrogen) atoms. The topological polar surface area (TPSA) is 29.3 Å². The summed E-state index contributed by atoms with van der Waals surface area (Å²) in [5, 5.41) is 0.742. The molecular weight excluding hydrogens is 244 g/mol. The largest absolute Gasteiger partial charge is 0.324 e. The molecule has 0 aromatic heterocycles. The SMILES string of the molecule is C=CCN(CC=C)CCC(N)c1ccc(Cl)cc1. The van der Waals surface area contributed by atoms with Crippen LogP contribution in [-0.4, -0.2) is 24.5 Å². The van der Waals surface area contributed by atoms with Crippen molar-refractivity contribution in [3.05, 3.63) is 60.2 Å². The van der Waals surface area contributed by atoms with E-state index < -0.39 is 0 Å². The molecule has 0 aliphatic heterocycles. The summed E-state index contributed by atoms with van der Waals surface area (Å²) in [7, 11) is 0. The zero-order valence-electron chi connectivity index (χ0n) is 10.7. The van der Waals surface area contributed by atoms with Gasteiger partial charge in [-0.3, -0.25) is 4.90 Å². The Bertz CT molecular complexity index is 363. The van der Waals surface area contributed by atoms with Gasteiger partial charge >= 0.3 is 0 Å². The van der Waals surface area contributed by atoms with Crippen LogP contribution in [-0.2, 0) is 0 Å². The molecule has 0 fully saturated rings. The Morgan fingerprint density at radius 3 is 2.22 bits per heavy atom. The Labute approximate surface area is 115 Å². The quantitative estimate of drug-likeness (QED) is 0.729. The van der Waals surface area contributed by atoms with E-state index >= 15 is 0 Å². The Hall–Kier alpha value is -1.09. The van der Waals surface area contributed by atoms with Crippen molar-refractivity contribution in [1.82, 2.24) is 4.90 Å². The predicted molar refractivity (Wildman–Crippen MR) is 79.8 cm³/mol. The molecule has 2 N–H and O–H groups in total. The van der Waals surface area contributed by atoms with Gasteiger partial charge in [0.15, 0.2) is 0 Å². The molecule has 0 heterocycles. The third-order valence-electron chi connectivity index (χ3n) is 2.83. The highest BCUT2D eigenvalue weighted by Crippen LogP contribution is 2.17. The monoisotopic (exact) mass is 264 g/mol. The van der Waals surface area contributed by atoms with Crippen molar-refractivity contribution in [1.29, 1.82) is 0 Å². The molecule has 0 spiro atoms. The van der Waals surface area contributed by atoms with Gasteiger partial charge in [-0.25, -0.2) is 0 Å². The molecule has 1 aromatic carbocycles. The van der Waals surface area contributed by atoms with Crippen molar-refractivity contribution in [2.75, 3.05) is 19.6 Å². The molecule has 0 bridgehead atoms. The van der Waals surface area contributed by atoms with Gasteiger partial charge in [-0.2, -0.15) is 0 Å². The van der Waals surface area contributed by atoms with E-state index in [1.54, 1.807) is 0 Å². The Balaban J connectivity index is 2.48. The lowest BCUT2D eigenvalue weighted by Gasteiger charge is -2.21. The van der Waals surface area contributed by atoms with Crippen molar-refractivity contribution in [2.24, 2.45) is 5.73 Å². The molecule has 1 aromatic rings. The van der Waals surface area contributed by atoms with E-state index in [0.717, 1.165) is 36.6 Å². The molecule has 0 radical (unpaired) electrons. The van der Waals surface area contributed by atoms with Gasteiger partial charge in [0, 0.05) is 30.7 Å². The van der Waals surface area contributed by atoms with Gasteiger partial charge < -0.3 is 5.73 Å². The minimum absolute atomic E-state index is 0.0411. The highest BCUT2D eigenvalue weighted by atomic mass is 35.5. The van der Waals surface area contributed by atoms with Crippen molar-refractivity contribution < 1.29 is 0 Å². The summed E-state index contributed by atoms with van der Waals surface area (Å²) < 4.78 is 0. The molecule has 1 unspecified atom stereocenters. The maximum absolute atomic E-state index is 6.16. The standard InChI is InChI=1S/C15H21ClN2/c1-3-10-18(11-4-2)12-9-15(17)13-5-7-14(16)8-6-13/h3-8,15H,1-2,9-12,17H2.